The second-order valence-corrected chi connectivity index (χ2v) is 6.24. The molecule has 19 heavy (non-hydrogen) atoms. The molecule has 0 aromatic heterocycles. The smallest absolute Gasteiger partial charge is 0.411 e. The summed E-state index contributed by atoms with van der Waals surface area (Å²) >= 11 is 1.67. The number of nitrogens with zero attached hydrogens (tertiary/aromatic N) is 1. The van der Waals surface area contributed by atoms with Crippen LogP contribution in [0.5, 0.6) is 0 Å². The van der Waals surface area contributed by atoms with Gasteiger partial charge in [-0.3, -0.25) is 4.90 Å². The highest BCUT2D eigenvalue weighted by atomic mass is 32.2. The second-order valence-electron chi connectivity index (χ2n) is 5.26. The van der Waals surface area contributed by atoms with Gasteiger partial charge in [0, 0.05) is 6.54 Å². The van der Waals surface area contributed by atoms with E-state index in [1.807, 2.05) is 6.26 Å². The Labute approximate surface area is 119 Å². The zero-order chi connectivity index (χ0) is 15.1. The molecule has 0 rings (SSSR count). The van der Waals surface area contributed by atoms with Crippen molar-refractivity contribution in [2.24, 2.45) is 0 Å². The van der Waals surface area contributed by atoms with E-state index in [-0.39, 0.29) is 0 Å². The highest BCUT2D eigenvalue weighted by molar-refractivity contribution is 7.98. The van der Waals surface area contributed by atoms with Gasteiger partial charge in [0.1, 0.15) is 11.6 Å². The molecule has 112 valence electrons. The van der Waals surface area contributed by atoms with Crippen molar-refractivity contribution in [3.8, 4) is 0 Å². The normalized spacial score (nSPS) is 12.9. The van der Waals surface area contributed by atoms with Gasteiger partial charge in [0.2, 0.25) is 0 Å². The summed E-state index contributed by atoms with van der Waals surface area (Å²) in [5, 5.41) is 9.27. The molecular formula is C13H25NO4S. The van der Waals surface area contributed by atoms with Gasteiger partial charge in [-0.05, 0) is 52.5 Å². The van der Waals surface area contributed by atoms with Crippen molar-refractivity contribution in [1.82, 2.24) is 4.90 Å². The number of carboxylic acids is 1. The summed E-state index contributed by atoms with van der Waals surface area (Å²) in [6.45, 7) is 7.38. The van der Waals surface area contributed by atoms with Crippen molar-refractivity contribution in [3.63, 3.8) is 0 Å². The number of likely N-dealkylation sites (N-methyl/N-ethyl adjacent to an activating group) is 1. The number of carboxylic acid groups (broad SMARTS) is 1. The van der Waals surface area contributed by atoms with Crippen LogP contribution < -0.4 is 0 Å². The molecule has 0 heterocycles. The minimum absolute atomic E-state index is 0.325. The zero-order valence-corrected chi connectivity index (χ0v) is 13.2. The summed E-state index contributed by atoms with van der Waals surface area (Å²) in [4.78, 5) is 24.6. The fraction of sp³-hybridized carbons (Fsp3) is 0.846. The van der Waals surface area contributed by atoms with Crippen molar-refractivity contribution >= 4 is 23.8 Å². The summed E-state index contributed by atoms with van der Waals surface area (Å²) in [6, 6.07) is -0.813. The molecule has 1 atom stereocenters. The summed E-state index contributed by atoms with van der Waals surface area (Å²) in [6.07, 6.45) is 2.62. The number of thioether (sulfide) groups is 1. The molecule has 5 nitrogen and oxygen atoms in total. The molecule has 1 N–H and O–H groups in total. The molecule has 0 aliphatic rings. The Balaban J connectivity index is 4.74. The van der Waals surface area contributed by atoms with Gasteiger partial charge in [-0.2, -0.15) is 11.8 Å². The molecule has 0 aromatic rings. The van der Waals surface area contributed by atoms with Crippen LogP contribution in [0.15, 0.2) is 0 Å². The topological polar surface area (TPSA) is 66.8 Å². The van der Waals surface area contributed by atoms with Crippen molar-refractivity contribution in [3.05, 3.63) is 0 Å². The van der Waals surface area contributed by atoms with Crippen LogP contribution in [0, 0.1) is 0 Å². The Morgan fingerprint density at radius 2 is 1.95 bits per heavy atom. The molecule has 0 saturated heterocycles. The maximum absolute atomic E-state index is 12.0. The Hall–Kier alpha value is -0.910. The standard InChI is InChI=1S/C13H25NO4S/c1-6-14(12(17)18-13(2,3)4)10(11(15)16)8-7-9-19-5/h10H,6-9H2,1-5H3,(H,15,16). The predicted octanol–water partition coefficient (Wildman–Crippen LogP) is 2.84. The number of amides is 1. The van der Waals surface area contributed by atoms with E-state index < -0.39 is 23.7 Å². The van der Waals surface area contributed by atoms with E-state index in [0.717, 1.165) is 12.2 Å². The number of hydrogen-bond donors (Lipinski definition) is 1. The quantitative estimate of drug-likeness (QED) is 0.731. The van der Waals surface area contributed by atoms with Gasteiger partial charge in [-0.15, -0.1) is 0 Å². The van der Waals surface area contributed by atoms with Crippen molar-refractivity contribution in [2.75, 3.05) is 18.6 Å². The van der Waals surface area contributed by atoms with Gasteiger partial charge in [-0.25, -0.2) is 9.59 Å². The van der Waals surface area contributed by atoms with E-state index in [1.54, 1.807) is 39.5 Å². The van der Waals surface area contributed by atoms with Crippen LogP contribution in [0.2, 0.25) is 0 Å². The average Bonchev–Trinajstić information content (AvgIpc) is 2.25. The largest absolute Gasteiger partial charge is 0.480 e. The van der Waals surface area contributed by atoms with E-state index in [0.29, 0.717) is 13.0 Å². The molecule has 0 aromatic carbocycles. The summed E-state index contributed by atoms with van der Waals surface area (Å²) in [5.74, 6) is -0.0934. The van der Waals surface area contributed by atoms with Crippen LogP contribution in [0.3, 0.4) is 0 Å². The number of aliphatic carboxylic acids is 1. The minimum atomic E-state index is -0.978. The van der Waals surface area contributed by atoms with Gasteiger partial charge >= 0.3 is 12.1 Å². The molecule has 1 unspecified atom stereocenters. The SMILES string of the molecule is CCN(C(=O)OC(C)(C)C)C(CCCSC)C(=O)O. The fourth-order valence-electron chi connectivity index (χ4n) is 1.63. The first-order chi connectivity index (χ1) is 8.72. The van der Waals surface area contributed by atoms with Crippen LogP contribution >= 0.6 is 11.8 Å². The fourth-order valence-corrected chi connectivity index (χ4v) is 2.09. The zero-order valence-electron chi connectivity index (χ0n) is 12.4. The van der Waals surface area contributed by atoms with Crippen molar-refractivity contribution in [2.45, 2.75) is 52.2 Å². The lowest BCUT2D eigenvalue weighted by molar-refractivity contribution is -0.143. The third-order valence-corrected chi connectivity index (χ3v) is 3.15. The van der Waals surface area contributed by atoms with E-state index in [4.69, 9.17) is 4.74 Å². The van der Waals surface area contributed by atoms with Gasteiger partial charge in [0.25, 0.3) is 0 Å². The summed E-state index contributed by atoms with van der Waals surface area (Å²) in [7, 11) is 0. The second kappa shape index (κ2) is 8.30. The van der Waals surface area contributed by atoms with Crippen molar-refractivity contribution in [1.29, 1.82) is 0 Å². The Kier molecular flexibility index (Phi) is 7.90. The molecule has 0 saturated carbocycles. The maximum atomic E-state index is 12.0. The van der Waals surface area contributed by atoms with E-state index >= 15 is 0 Å². The molecule has 0 spiro atoms. The Morgan fingerprint density at radius 3 is 2.32 bits per heavy atom. The van der Waals surface area contributed by atoms with E-state index in [2.05, 4.69) is 0 Å². The molecular weight excluding hydrogens is 266 g/mol. The molecule has 0 bridgehead atoms. The van der Waals surface area contributed by atoms with Gasteiger partial charge < -0.3 is 9.84 Å². The maximum Gasteiger partial charge on any atom is 0.411 e. The van der Waals surface area contributed by atoms with Crippen molar-refractivity contribution < 1.29 is 19.4 Å². The van der Waals surface area contributed by atoms with Gasteiger partial charge in [0.15, 0.2) is 0 Å². The number of carbonyl (C=O) groups is 2. The third-order valence-electron chi connectivity index (χ3n) is 2.46. The third kappa shape index (κ3) is 7.30. The Bertz CT molecular complexity index is 302. The molecule has 1 amide bonds. The molecule has 0 aliphatic heterocycles. The molecule has 0 aliphatic carbocycles. The molecule has 0 fully saturated rings. The Morgan fingerprint density at radius 1 is 1.37 bits per heavy atom. The lowest BCUT2D eigenvalue weighted by Crippen LogP contribution is -2.47. The first kappa shape index (κ1) is 18.1. The first-order valence-electron chi connectivity index (χ1n) is 6.44. The van der Waals surface area contributed by atoms with E-state index in [1.165, 1.54) is 4.90 Å². The highest BCUT2D eigenvalue weighted by Gasteiger charge is 2.31. The lowest BCUT2D eigenvalue weighted by Gasteiger charge is -2.30. The first-order valence-corrected chi connectivity index (χ1v) is 7.83. The summed E-state index contributed by atoms with van der Waals surface area (Å²) < 4.78 is 5.25. The number of hydrogen-bond acceptors (Lipinski definition) is 4. The van der Waals surface area contributed by atoms with Crippen LogP contribution in [-0.2, 0) is 9.53 Å². The van der Waals surface area contributed by atoms with Crippen LogP contribution in [0.25, 0.3) is 0 Å². The van der Waals surface area contributed by atoms with Crippen LogP contribution in [-0.4, -0.2) is 52.3 Å². The number of ether oxygens (including phenoxy) is 1. The van der Waals surface area contributed by atoms with Gasteiger partial charge in [0.05, 0.1) is 0 Å². The van der Waals surface area contributed by atoms with E-state index in [9.17, 15) is 14.7 Å². The molecule has 0 radical (unpaired) electrons. The number of carbonyl (C=O) groups excluding carboxylic acids is 1. The monoisotopic (exact) mass is 291 g/mol. The van der Waals surface area contributed by atoms with Crippen LogP contribution in [0.1, 0.15) is 40.5 Å². The highest BCUT2D eigenvalue weighted by Crippen LogP contribution is 2.15. The molecule has 6 heteroatoms. The minimum Gasteiger partial charge on any atom is -0.480 e. The summed E-state index contributed by atoms with van der Waals surface area (Å²) in [5.41, 5.74) is -0.618. The predicted molar refractivity (Wildman–Crippen MR) is 77.7 cm³/mol. The number of rotatable bonds is 7. The lowest BCUT2D eigenvalue weighted by atomic mass is 10.1. The van der Waals surface area contributed by atoms with Gasteiger partial charge in [-0.1, -0.05) is 0 Å². The average molecular weight is 291 g/mol. The van der Waals surface area contributed by atoms with Crippen LogP contribution in [0.4, 0.5) is 4.79 Å².